The lowest BCUT2D eigenvalue weighted by molar-refractivity contribution is -0.137. The highest BCUT2D eigenvalue weighted by molar-refractivity contribution is 7.90. The Kier molecular flexibility index (Phi) is 7.76. The second kappa shape index (κ2) is 11.1. The van der Waals surface area contributed by atoms with Crippen LogP contribution in [-0.2, 0) is 20.8 Å². The number of ether oxygens (including phenoxy) is 1. The molecule has 2 N–H and O–H groups in total. The summed E-state index contributed by atoms with van der Waals surface area (Å²) < 4.78 is 67.6. The first kappa shape index (κ1) is 28.6. The van der Waals surface area contributed by atoms with Gasteiger partial charge in [-0.15, -0.1) is 5.10 Å². The Balaban J connectivity index is 1.18. The Morgan fingerprint density at radius 3 is 2.59 bits per heavy atom. The van der Waals surface area contributed by atoms with E-state index in [1.807, 2.05) is 6.07 Å². The van der Waals surface area contributed by atoms with Crippen LogP contribution in [0.15, 0.2) is 30.7 Å². The molecule has 3 aromatic rings. The Morgan fingerprint density at radius 2 is 1.88 bits per heavy atom. The van der Waals surface area contributed by atoms with Gasteiger partial charge in [0, 0.05) is 24.5 Å². The average molecular weight is 596 g/mol. The molecule has 0 aromatic carbocycles. The van der Waals surface area contributed by atoms with Gasteiger partial charge in [0.2, 0.25) is 5.88 Å². The Bertz CT molecular complexity index is 1550. The summed E-state index contributed by atoms with van der Waals surface area (Å²) in [6, 6.07) is 1.68. The number of aromatic nitrogens is 4. The first-order chi connectivity index (χ1) is 19.4. The predicted molar refractivity (Wildman–Crippen MR) is 142 cm³/mol. The molecule has 41 heavy (non-hydrogen) atoms. The molecule has 5 rings (SSSR count). The molecule has 0 atom stereocenters. The standard InChI is InChI=1S/C25H28F3N7O5S/c1-41(38,39)8-2-7-40-23-20-10-17(12-30-22(20)32-33-23)31-16-3-5-18(6-4-16)35-21(36)14-34(24(35)37)19-9-15(11-29-13-19)25(26,27)28/h9-13,16,18,31H,2-8,14H2,1H3,(H,30,32,33)/t16-,18-. The molecule has 1 saturated heterocycles. The van der Waals surface area contributed by atoms with Gasteiger partial charge < -0.3 is 10.1 Å². The molecular weight excluding hydrogens is 567 g/mol. The fourth-order valence-electron chi connectivity index (χ4n) is 5.08. The highest BCUT2D eigenvalue weighted by Gasteiger charge is 2.43. The number of sulfone groups is 1. The average Bonchev–Trinajstić information content (AvgIpc) is 3.45. The van der Waals surface area contributed by atoms with E-state index in [4.69, 9.17) is 4.74 Å². The van der Waals surface area contributed by atoms with Gasteiger partial charge in [-0.1, -0.05) is 0 Å². The van der Waals surface area contributed by atoms with Crippen LogP contribution in [0, 0.1) is 0 Å². The summed E-state index contributed by atoms with van der Waals surface area (Å²) in [6.07, 6.45) is 2.69. The number of carbonyl (C=O) groups excluding carboxylic acids is 2. The third-order valence-electron chi connectivity index (χ3n) is 7.07. The maximum Gasteiger partial charge on any atom is 0.417 e. The van der Waals surface area contributed by atoms with E-state index in [0.717, 1.165) is 27.8 Å². The number of carbonyl (C=O) groups is 2. The second-order valence-corrected chi connectivity index (χ2v) is 12.5. The monoisotopic (exact) mass is 595 g/mol. The number of aromatic amines is 1. The molecular formula is C25H28F3N7O5S. The van der Waals surface area contributed by atoms with Crippen LogP contribution < -0.4 is 15.0 Å². The Morgan fingerprint density at radius 1 is 1.12 bits per heavy atom. The van der Waals surface area contributed by atoms with Gasteiger partial charge in [0.1, 0.15) is 16.4 Å². The number of rotatable bonds is 9. The third kappa shape index (κ3) is 6.52. The largest absolute Gasteiger partial charge is 0.476 e. The van der Waals surface area contributed by atoms with Crippen LogP contribution >= 0.6 is 0 Å². The van der Waals surface area contributed by atoms with E-state index in [0.29, 0.717) is 55.2 Å². The van der Waals surface area contributed by atoms with Crippen LogP contribution in [0.2, 0.25) is 0 Å². The fourth-order valence-corrected chi connectivity index (χ4v) is 5.72. The molecule has 0 unspecified atom stereocenters. The number of halogens is 3. The molecule has 12 nitrogen and oxygen atoms in total. The quantitative estimate of drug-likeness (QED) is 0.280. The molecule has 1 aliphatic heterocycles. The van der Waals surface area contributed by atoms with Gasteiger partial charge in [-0.05, 0) is 44.2 Å². The maximum atomic E-state index is 13.1. The van der Waals surface area contributed by atoms with Gasteiger partial charge >= 0.3 is 12.2 Å². The number of H-pyrrole nitrogens is 1. The van der Waals surface area contributed by atoms with Gasteiger partial charge in [-0.2, -0.15) is 13.2 Å². The number of fused-ring (bicyclic) bond motifs is 1. The lowest BCUT2D eigenvalue weighted by atomic mass is 9.90. The Hall–Kier alpha value is -3.95. The minimum atomic E-state index is -4.62. The summed E-state index contributed by atoms with van der Waals surface area (Å²) in [4.78, 5) is 36.0. The number of nitrogens with zero attached hydrogens (tertiary/aromatic N) is 5. The number of alkyl halides is 3. The third-order valence-corrected chi connectivity index (χ3v) is 8.10. The zero-order valence-corrected chi connectivity index (χ0v) is 22.8. The predicted octanol–water partition coefficient (Wildman–Crippen LogP) is 3.38. The van der Waals surface area contributed by atoms with Crippen molar-refractivity contribution in [1.29, 1.82) is 0 Å². The summed E-state index contributed by atoms with van der Waals surface area (Å²) in [5.74, 6) is -0.125. The normalized spacial score (nSPS) is 20.2. The topological polar surface area (TPSA) is 150 Å². The maximum absolute atomic E-state index is 13.1. The van der Waals surface area contributed by atoms with Crippen LogP contribution in [0.5, 0.6) is 5.88 Å². The number of pyridine rings is 2. The summed E-state index contributed by atoms with van der Waals surface area (Å²) in [5.41, 5.74) is 0.176. The van der Waals surface area contributed by atoms with Crippen LogP contribution in [0.3, 0.4) is 0 Å². The van der Waals surface area contributed by atoms with Crippen molar-refractivity contribution in [2.45, 2.75) is 50.4 Å². The summed E-state index contributed by atoms with van der Waals surface area (Å²) in [5, 5.41) is 10.9. The number of hydrogen-bond acceptors (Lipinski definition) is 9. The van der Waals surface area contributed by atoms with Gasteiger partial charge in [-0.25, -0.2) is 18.2 Å². The number of amides is 3. The summed E-state index contributed by atoms with van der Waals surface area (Å²) in [7, 11) is -3.08. The molecule has 4 heterocycles. The van der Waals surface area contributed by atoms with E-state index in [1.54, 1.807) is 6.20 Å². The van der Waals surface area contributed by atoms with Crippen LogP contribution in [0.25, 0.3) is 11.0 Å². The smallest absolute Gasteiger partial charge is 0.417 e. The molecule has 1 saturated carbocycles. The van der Waals surface area contributed by atoms with Crippen molar-refractivity contribution in [3.8, 4) is 5.88 Å². The van der Waals surface area contributed by atoms with Crippen molar-refractivity contribution in [3.05, 3.63) is 36.3 Å². The Labute approximate surface area is 233 Å². The molecule has 220 valence electrons. The van der Waals surface area contributed by atoms with Gasteiger partial charge in [0.05, 0.1) is 47.1 Å². The molecule has 2 fully saturated rings. The molecule has 0 radical (unpaired) electrons. The van der Waals surface area contributed by atoms with Crippen molar-refractivity contribution in [1.82, 2.24) is 25.1 Å². The van der Waals surface area contributed by atoms with Crippen LogP contribution in [0.4, 0.5) is 29.3 Å². The van der Waals surface area contributed by atoms with Gasteiger partial charge in [0.15, 0.2) is 5.65 Å². The molecule has 2 aliphatic rings. The minimum Gasteiger partial charge on any atom is -0.476 e. The molecule has 1 aliphatic carbocycles. The van der Waals surface area contributed by atoms with E-state index < -0.39 is 33.5 Å². The zero-order chi connectivity index (χ0) is 29.4. The molecule has 16 heteroatoms. The molecule has 3 amide bonds. The molecule has 3 aromatic heterocycles. The molecule has 0 bridgehead atoms. The highest BCUT2D eigenvalue weighted by atomic mass is 32.2. The first-order valence-corrected chi connectivity index (χ1v) is 15.0. The lowest BCUT2D eigenvalue weighted by Crippen LogP contribution is -2.44. The van der Waals surface area contributed by atoms with E-state index in [-0.39, 0.29) is 36.7 Å². The van der Waals surface area contributed by atoms with Crippen molar-refractivity contribution >= 4 is 44.2 Å². The second-order valence-electron chi connectivity index (χ2n) is 10.2. The van der Waals surface area contributed by atoms with Crippen molar-refractivity contribution < 1.29 is 35.9 Å². The van der Waals surface area contributed by atoms with E-state index in [2.05, 4.69) is 25.5 Å². The number of hydrogen-bond donors (Lipinski definition) is 2. The fraction of sp³-hybridized carbons (Fsp3) is 0.480. The number of urea groups is 1. The minimum absolute atomic E-state index is 0.0121. The lowest BCUT2D eigenvalue weighted by Gasteiger charge is -2.34. The zero-order valence-electron chi connectivity index (χ0n) is 22.0. The first-order valence-electron chi connectivity index (χ1n) is 13.0. The van der Waals surface area contributed by atoms with Gasteiger partial charge in [-0.3, -0.25) is 24.7 Å². The number of nitrogens with one attached hydrogen (secondary N) is 2. The van der Waals surface area contributed by atoms with Crippen molar-refractivity contribution in [2.24, 2.45) is 0 Å². The summed E-state index contributed by atoms with van der Waals surface area (Å²) >= 11 is 0. The summed E-state index contributed by atoms with van der Waals surface area (Å²) in [6.45, 7) is -0.153. The SMILES string of the molecule is CS(=O)(=O)CCCOc1n[nH]c2ncc(N[C@H]3CC[C@H](N4C(=O)CN(c5cncc(C(F)(F)F)c5)C4=O)CC3)cc12. The van der Waals surface area contributed by atoms with Gasteiger partial charge in [0.25, 0.3) is 5.91 Å². The van der Waals surface area contributed by atoms with Crippen LogP contribution in [0.1, 0.15) is 37.7 Å². The van der Waals surface area contributed by atoms with Crippen molar-refractivity contribution in [3.63, 3.8) is 0 Å². The highest BCUT2D eigenvalue weighted by Crippen LogP contribution is 2.34. The number of anilines is 2. The molecule has 0 spiro atoms. The number of imide groups is 1. The van der Waals surface area contributed by atoms with Crippen LogP contribution in [-0.4, -0.2) is 82.7 Å². The van der Waals surface area contributed by atoms with E-state index in [1.165, 1.54) is 6.26 Å². The van der Waals surface area contributed by atoms with E-state index in [9.17, 15) is 31.2 Å². The van der Waals surface area contributed by atoms with Crippen molar-refractivity contribution in [2.75, 3.05) is 35.4 Å². The van der Waals surface area contributed by atoms with E-state index >= 15 is 0 Å².